The molecule has 2 aromatic rings. The minimum absolute atomic E-state index is 0.176. The second kappa shape index (κ2) is 8.48. The van der Waals surface area contributed by atoms with E-state index in [2.05, 4.69) is 42.2 Å². The van der Waals surface area contributed by atoms with E-state index in [4.69, 9.17) is 4.74 Å². The highest BCUT2D eigenvalue weighted by Gasteiger charge is 2.23. The minimum Gasteiger partial charge on any atom is -0.493 e. The van der Waals surface area contributed by atoms with Crippen LogP contribution in [0.25, 0.3) is 0 Å². The van der Waals surface area contributed by atoms with Crippen LogP contribution in [-0.4, -0.2) is 24.1 Å². The minimum atomic E-state index is -0.176. The smallest absolute Gasteiger partial charge is 0.126 e. The zero-order valence-electron chi connectivity index (χ0n) is 15.2. The fourth-order valence-electron chi connectivity index (χ4n) is 3.58. The number of benzene rings is 2. The first-order valence-corrected chi connectivity index (χ1v) is 9.29. The lowest BCUT2D eigenvalue weighted by molar-refractivity contribution is 0.151. The SMILES string of the molecule is Cc1cc(OCC2CCCC(C)N(Cc3ccccc3)C2)ccc1F. The second-order valence-electron chi connectivity index (χ2n) is 7.28. The van der Waals surface area contributed by atoms with Crippen LogP contribution < -0.4 is 4.74 Å². The zero-order valence-corrected chi connectivity index (χ0v) is 15.2. The summed E-state index contributed by atoms with van der Waals surface area (Å²) in [7, 11) is 0. The van der Waals surface area contributed by atoms with Crippen LogP contribution in [0.4, 0.5) is 4.39 Å². The summed E-state index contributed by atoms with van der Waals surface area (Å²) >= 11 is 0. The maximum absolute atomic E-state index is 13.4. The lowest BCUT2D eigenvalue weighted by Crippen LogP contribution is -2.35. The molecule has 1 heterocycles. The topological polar surface area (TPSA) is 12.5 Å². The van der Waals surface area contributed by atoms with Crippen LogP contribution in [0.15, 0.2) is 48.5 Å². The lowest BCUT2D eigenvalue weighted by atomic mass is 10.0. The van der Waals surface area contributed by atoms with E-state index in [1.165, 1.54) is 30.9 Å². The van der Waals surface area contributed by atoms with E-state index in [1.807, 2.05) is 0 Å². The monoisotopic (exact) mass is 341 g/mol. The third-order valence-electron chi connectivity index (χ3n) is 5.19. The highest BCUT2D eigenvalue weighted by Crippen LogP contribution is 2.24. The molecule has 0 amide bonds. The standard InChI is InChI=1S/C22H28FNO/c1-17-13-21(11-12-22(17)23)25-16-20-10-6-7-18(2)24(15-20)14-19-8-4-3-5-9-19/h3-5,8-9,11-13,18,20H,6-7,10,14-16H2,1-2H3. The molecule has 0 saturated carbocycles. The van der Waals surface area contributed by atoms with Gasteiger partial charge in [-0.15, -0.1) is 0 Å². The molecule has 2 unspecified atom stereocenters. The molecule has 2 aromatic carbocycles. The van der Waals surface area contributed by atoms with E-state index in [9.17, 15) is 4.39 Å². The molecule has 1 fully saturated rings. The summed E-state index contributed by atoms with van der Waals surface area (Å²) < 4.78 is 19.4. The average molecular weight is 341 g/mol. The zero-order chi connectivity index (χ0) is 17.6. The highest BCUT2D eigenvalue weighted by atomic mass is 19.1. The third kappa shape index (κ3) is 5.05. The second-order valence-corrected chi connectivity index (χ2v) is 7.28. The largest absolute Gasteiger partial charge is 0.493 e. The molecule has 0 aromatic heterocycles. The Kier molecular flexibility index (Phi) is 6.09. The van der Waals surface area contributed by atoms with Crippen molar-refractivity contribution in [2.24, 2.45) is 5.92 Å². The summed E-state index contributed by atoms with van der Waals surface area (Å²) in [5.74, 6) is 1.11. The molecule has 2 nitrogen and oxygen atoms in total. The first kappa shape index (κ1) is 17.9. The maximum atomic E-state index is 13.4. The Morgan fingerprint density at radius 2 is 1.92 bits per heavy atom. The van der Waals surface area contributed by atoms with Gasteiger partial charge in [-0.2, -0.15) is 0 Å². The number of nitrogens with zero attached hydrogens (tertiary/aromatic N) is 1. The summed E-state index contributed by atoms with van der Waals surface area (Å²) in [5.41, 5.74) is 2.00. The van der Waals surface area contributed by atoms with Gasteiger partial charge in [0.25, 0.3) is 0 Å². The Bertz CT molecular complexity index is 673. The molecule has 2 atom stereocenters. The van der Waals surface area contributed by atoms with E-state index >= 15 is 0 Å². The van der Waals surface area contributed by atoms with Gasteiger partial charge in [-0.1, -0.05) is 36.8 Å². The van der Waals surface area contributed by atoms with E-state index < -0.39 is 0 Å². The number of hydrogen-bond donors (Lipinski definition) is 0. The van der Waals surface area contributed by atoms with Crippen LogP contribution >= 0.6 is 0 Å². The van der Waals surface area contributed by atoms with Crippen LogP contribution in [0, 0.1) is 18.7 Å². The fourth-order valence-corrected chi connectivity index (χ4v) is 3.58. The van der Waals surface area contributed by atoms with Gasteiger partial charge in [-0.3, -0.25) is 4.90 Å². The Balaban J connectivity index is 1.60. The number of halogens is 1. The Hall–Kier alpha value is -1.87. The number of hydrogen-bond acceptors (Lipinski definition) is 2. The van der Waals surface area contributed by atoms with Gasteiger partial charge < -0.3 is 4.74 Å². The van der Waals surface area contributed by atoms with Crippen molar-refractivity contribution in [3.63, 3.8) is 0 Å². The van der Waals surface area contributed by atoms with Crippen molar-refractivity contribution in [2.45, 2.75) is 45.7 Å². The molecule has 1 aliphatic rings. The average Bonchev–Trinajstić information content (AvgIpc) is 2.79. The van der Waals surface area contributed by atoms with Gasteiger partial charge in [0, 0.05) is 25.0 Å². The summed E-state index contributed by atoms with van der Waals surface area (Å²) in [4.78, 5) is 2.58. The first-order chi connectivity index (χ1) is 12.1. The predicted molar refractivity (Wildman–Crippen MR) is 100 cm³/mol. The molecule has 3 heteroatoms. The molecule has 1 aliphatic heterocycles. The molecule has 0 bridgehead atoms. The van der Waals surface area contributed by atoms with Gasteiger partial charge in [0.05, 0.1) is 6.61 Å². The number of likely N-dealkylation sites (tertiary alicyclic amines) is 1. The molecule has 134 valence electrons. The molecule has 3 rings (SSSR count). The Labute approximate surface area is 150 Å². The predicted octanol–water partition coefficient (Wildman–Crippen LogP) is 5.20. The fraction of sp³-hybridized carbons (Fsp3) is 0.455. The van der Waals surface area contributed by atoms with Crippen molar-refractivity contribution < 1.29 is 9.13 Å². The molecule has 25 heavy (non-hydrogen) atoms. The molecule has 0 aliphatic carbocycles. The van der Waals surface area contributed by atoms with E-state index in [0.29, 0.717) is 24.1 Å². The van der Waals surface area contributed by atoms with Crippen LogP contribution in [-0.2, 0) is 6.54 Å². The number of rotatable bonds is 5. The normalized spacial score (nSPS) is 21.7. The van der Waals surface area contributed by atoms with Crippen LogP contribution in [0.5, 0.6) is 5.75 Å². The molecular formula is C22H28FNO. The highest BCUT2D eigenvalue weighted by molar-refractivity contribution is 5.28. The Morgan fingerprint density at radius 3 is 2.68 bits per heavy atom. The summed E-state index contributed by atoms with van der Waals surface area (Å²) in [6, 6.07) is 16.3. The first-order valence-electron chi connectivity index (χ1n) is 9.29. The molecule has 1 saturated heterocycles. The summed E-state index contributed by atoms with van der Waals surface area (Å²) in [5, 5.41) is 0. The molecule has 0 N–H and O–H groups in total. The van der Waals surface area contributed by atoms with Crippen molar-refractivity contribution in [2.75, 3.05) is 13.2 Å². The molecule has 0 radical (unpaired) electrons. The lowest BCUT2D eigenvalue weighted by Gasteiger charge is -2.29. The van der Waals surface area contributed by atoms with Gasteiger partial charge in [-0.25, -0.2) is 4.39 Å². The molecule has 0 spiro atoms. The van der Waals surface area contributed by atoms with Crippen molar-refractivity contribution in [1.29, 1.82) is 0 Å². The number of aryl methyl sites for hydroxylation is 1. The van der Waals surface area contributed by atoms with Crippen molar-refractivity contribution >= 4 is 0 Å². The van der Waals surface area contributed by atoms with Crippen LogP contribution in [0.2, 0.25) is 0 Å². The van der Waals surface area contributed by atoms with E-state index in [-0.39, 0.29) is 5.82 Å². The quantitative estimate of drug-likeness (QED) is 0.741. The summed E-state index contributed by atoms with van der Waals surface area (Å²) in [6.45, 7) is 6.85. The van der Waals surface area contributed by atoms with Gasteiger partial charge in [0.1, 0.15) is 11.6 Å². The van der Waals surface area contributed by atoms with Gasteiger partial charge in [0.2, 0.25) is 0 Å². The summed E-state index contributed by atoms with van der Waals surface area (Å²) in [6.07, 6.45) is 3.66. The van der Waals surface area contributed by atoms with Crippen molar-refractivity contribution in [3.8, 4) is 5.75 Å². The van der Waals surface area contributed by atoms with Gasteiger partial charge in [0.15, 0.2) is 0 Å². The van der Waals surface area contributed by atoms with E-state index in [0.717, 1.165) is 18.8 Å². The third-order valence-corrected chi connectivity index (χ3v) is 5.19. The van der Waals surface area contributed by atoms with E-state index in [1.54, 1.807) is 19.1 Å². The molecular weight excluding hydrogens is 313 g/mol. The Morgan fingerprint density at radius 1 is 1.12 bits per heavy atom. The van der Waals surface area contributed by atoms with Gasteiger partial charge >= 0.3 is 0 Å². The van der Waals surface area contributed by atoms with Crippen molar-refractivity contribution in [3.05, 3.63) is 65.5 Å². The van der Waals surface area contributed by atoms with Gasteiger partial charge in [-0.05, 0) is 56.0 Å². The number of ether oxygens (including phenoxy) is 1. The maximum Gasteiger partial charge on any atom is 0.126 e. The van der Waals surface area contributed by atoms with Crippen LogP contribution in [0.1, 0.15) is 37.3 Å². The van der Waals surface area contributed by atoms with Crippen molar-refractivity contribution in [1.82, 2.24) is 4.90 Å². The van der Waals surface area contributed by atoms with Crippen LogP contribution in [0.3, 0.4) is 0 Å².